The summed E-state index contributed by atoms with van der Waals surface area (Å²) in [5.41, 5.74) is 1.58. The number of aryl methyl sites for hydroxylation is 1. The van der Waals surface area contributed by atoms with Gasteiger partial charge in [0.2, 0.25) is 0 Å². The van der Waals surface area contributed by atoms with Gasteiger partial charge < -0.3 is 20.3 Å². The van der Waals surface area contributed by atoms with Crippen molar-refractivity contribution in [1.82, 2.24) is 15.3 Å². The Balaban J connectivity index is 0.00000106. The second-order valence-corrected chi connectivity index (χ2v) is 7.45. The minimum Gasteiger partial charge on any atom is -0.483 e. The normalized spacial score (nSPS) is 9.09. The van der Waals surface area contributed by atoms with Gasteiger partial charge in [0.25, 0.3) is 17.9 Å². The zero-order valence-electron chi connectivity index (χ0n) is 19.0. The summed E-state index contributed by atoms with van der Waals surface area (Å²) in [4.78, 5) is 41.9. The number of hydrogen-bond acceptors (Lipinski definition) is 6. The molecule has 172 valence electrons. The number of rotatable bonds is 4. The number of nitrogens with one attached hydrogen (secondary N) is 2. The van der Waals surface area contributed by atoms with Gasteiger partial charge in [-0.3, -0.25) is 14.4 Å². The highest BCUT2D eigenvalue weighted by Gasteiger charge is 2.11. The Morgan fingerprint density at radius 2 is 1.88 bits per heavy atom. The molecule has 0 aliphatic heterocycles. The lowest BCUT2D eigenvalue weighted by molar-refractivity contribution is -0.122. The van der Waals surface area contributed by atoms with Gasteiger partial charge in [-0.1, -0.05) is 26.3 Å². The number of carboxylic acid groups (broad SMARTS) is 1. The Hall–Kier alpha value is -3.64. The van der Waals surface area contributed by atoms with Gasteiger partial charge >= 0.3 is 0 Å². The zero-order chi connectivity index (χ0) is 24.7. The molecule has 0 aliphatic carbocycles. The minimum absolute atomic E-state index is 0.0849. The molecule has 0 spiro atoms. The summed E-state index contributed by atoms with van der Waals surface area (Å²) in [6.45, 7) is 6.40. The number of H-pyrrole nitrogens is 1. The number of benzene rings is 1. The third kappa shape index (κ3) is 8.62. The number of anilines is 1. The summed E-state index contributed by atoms with van der Waals surface area (Å²) in [5.74, 6) is 0.524. The van der Waals surface area contributed by atoms with E-state index in [1.54, 1.807) is 14.0 Å². The fraction of sp³-hybridized carbons (Fsp3) is 0.304. The summed E-state index contributed by atoms with van der Waals surface area (Å²) >= 11 is 1.44. The van der Waals surface area contributed by atoms with Crippen molar-refractivity contribution < 1.29 is 14.7 Å². The Morgan fingerprint density at radius 1 is 1.28 bits per heavy atom. The number of amides is 1. The van der Waals surface area contributed by atoms with Crippen LogP contribution in [0.25, 0.3) is 10.9 Å². The minimum atomic E-state index is -0.250. The number of aromatic amines is 1. The summed E-state index contributed by atoms with van der Waals surface area (Å²) in [6, 6.07) is 9.44. The molecular weight excluding hydrogens is 428 g/mol. The van der Waals surface area contributed by atoms with Crippen molar-refractivity contribution in [3.8, 4) is 12.8 Å². The highest BCUT2D eigenvalue weighted by Crippen LogP contribution is 2.26. The van der Waals surface area contributed by atoms with E-state index in [-0.39, 0.29) is 17.9 Å². The summed E-state index contributed by atoms with van der Waals surface area (Å²) in [6.07, 6.45) is 9.25. The predicted octanol–water partition coefficient (Wildman–Crippen LogP) is 3.66. The Labute approximate surface area is 192 Å². The van der Waals surface area contributed by atoms with Gasteiger partial charge in [0.15, 0.2) is 0 Å². The van der Waals surface area contributed by atoms with E-state index in [0.29, 0.717) is 28.1 Å². The van der Waals surface area contributed by atoms with E-state index < -0.39 is 0 Å². The van der Waals surface area contributed by atoms with Crippen LogP contribution in [0.2, 0.25) is 0 Å². The van der Waals surface area contributed by atoms with E-state index in [4.69, 9.17) is 9.90 Å². The van der Waals surface area contributed by atoms with Crippen molar-refractivity contribution in [1.29, 1.82) is 0 Å². The zero-order valence-corrected chi connectivity index (χ0v) is 19.8. The van der Waals surface area contributed by atoms with E-state index >= 15 is 0 Å². The van der Waals surface area contributed by atoms with Crippen molar-refractivity contribution >= 4 is 39.6 Å². The van der Waals surface area contributed by atoms with Crippen LogP contribution in [-0.4, -0.2) is 41.5 Å². The maximum absolute atomic E-state index is 12.1. The molecule has 8 nitrogen and oxygen atoms in total. The molecule has 2 heterocycles. The van der Waals surface area contributed by atoms with Crippen LogP contribution in [0, 0.1) is 19.8 Å². The first-order valence-corrected chi connectivity index (χ1v) is 10.6. The molecule has 32 heavy (non-hydrogen) atoms. The second-order valence-electron chi connectivity index (χ2n) is 6.39. The van der Waals surface area contributed by atoms with Gasteiger partial charge in [-0.15, -0.1) is 24.2 Å². The van der Waals surface area contributed by atoms with Crippen LogP contribution >= 0.6 is 11.3 Å². The third-order valence-electron chi connectivity index (χ3n) is 3.73. The van der Waals surface area contributed by atoms with E-state index in [0.717, 1.165) is 10.6 Å². The lowest BCUT2D eigenvalue weighted by Gasteiger charge is -2.17. The van der Waals surface area contributed by atoms with Gasteiger partial charge in [0.05, 0.1) is 20.8 Å². The van der Waals surface area contributed by atoms with Crippen LogP contribution in [0.3, 0.4) is 0 Å². The van der Waals surface area contributed by atoms with Gasteiger partial charge in [-0.2, -0.15) is 0 Å². The number of carbonyl (C=O) groups excluding carboxylic acids is 1. The molecule has 0 atom stereocenters. The Bertz CT molecular complexity index is 1070. The summed E-state index contributed by atoms with van der Waals surface area (Å²) < 4.78 is 0. The van der Waals surface area contributed by atoms with Crippen molar-refractivity contribution in [2.75, 3.05) is 19.0 Å². The van der Waals surface area contributed by atoms with Gasteiger partial charge in [0, 0.05) is 20.6 Å². The fourth-order valence-corrected chi connectivity index (χ4v) is 3.44. The maximum Gasteiger partial charge on any atom is 0.290 e. The number of terminal acetylenes is 1. The van der Waals surface area contributed by atoms with Crippen molar-refractivity contribution in [2.45, 2.75) is 33.7 Å². The largest absolute Gasteiger partial charge is 0.483 e. The molecule has 3 rings (SSSR count). The van der Waals surface area contributed by atoms with Gasteiger partial charge in [0.1, 0.15) is 5.82 Å². The predicted molar refractivity (Wildman–Crippen MR) is 131 cm³/mol. The van der Waals surface area contributed by atoms with E-state index in [9.17, 15) is 9.59 Å². The van der Waals surface area contributed by atoms with Crippen LogP contribution < -0.4 is 15.8 Å². The molecular formula is C23H30N4O4S. The maximum atomic E-state index is 12.1. The Kier molecular flexibility index (Phi) is 13.5. The second kappa shape index (κ2) is 15.2. The van der Waals surface area contributed by atoms with Crippen LogP contribution in [-0.2, 0) is 11.3 Å². The lowest BCUT2D eigenvalue weighted by atomic mass is 10.1. The quantitative estimate of drug-likeness (QED) is 0.406. The average molecular weight is 459 g/mol. The molecule has 1 amide bonds. The first-order chi connectivity index (χ1) is 15.3. The molecule has 1 aromatic carbocycles. The van der Waals surface area contributed by atoms with Crippen LogP contribution in [0.1, 0.15) is 41.3 Å². The van der Waals surface area contributed by atoms with E-state index in [1.165, 1.54) is 17.8 Å². The van der Waals surface area contributed by atoms with Gasteiger partial charge in [-0.05, 0) is 36.8 Å². The Morgan fingerprint density at radius 3 is 2.44 bits per heavy atom. The van der Waals surface area contributed by atoms with Crippen molar-refractivity contribution in [2.24, 2.45) is 0 Å². The number of fused-ring (bicyclic) bond motifs is 1. The van der Waals surface area contributed by atoms with Crippen LogP contribution in [0.15, 0.2) is 35.1 Å². The van der Waals surface area contributed by atoms with Gasteiger partial charge in [-0.25, -0.2) is 4.98 Å². The number of thiophene rings is 1. The average Bonchev–Trinajstić information content (AvgIpc) is 3.27. The molecule has 2 aromatic heterocycles. The number of hydrogen-bond donors (Lipinski definition) is 3. The number of carbonyl (C=O) groups is 2. The molecule has 0 radical (unpaired) electrons. The molecule has 0 saturated carbocycles. The molecule has 3 aromatic rings. The molecule has 0 fully saturated rings. The monoisotopic (exact) mass is 458 g/mol. The standard InChI is InChI=1S/C17H18N4O2S.C3H8.C2H2.CH2O2/c1-10-19-13-5-4-11(8-12(13)16(22)20-10)9-21(3)15-7-6-14(24-15)17(23)18-2;1-3-2;1-2;2-1-3/h4-8H,9H2,1-3H3,(H,18,23)(H,19,20,22);3H2,1-2H3;1-2H;1H,(H,2,3). The molecule has 3 N–H and O–H groups in total. The van der Waals surface area contributed by atoms with Crippen molar-refractivity contribution in [3.05, 3.63) is 57.0 Å². The van der Waals surface area contributed by atoms with E-state index in [2.05, 4.69) is 42.0 Å². The highest BCUT2D eigenvalue weighted by atomic mass is 32.1. The third-order valence-corrected chi connectivity index (χ3v) is 4.93. The molecule has 0 saturated heterocycles. The first-order valence-electron chi connectivity index (χ1n) is 9.74. The number of nitrogens with zero attached hydrogens (tertiary/aromatic N) is 2. The molecule has 0 unspecified atom stereocenters. The van der Waals surface area contributed by atoms with E-state index in [1.807, 2.05) is 42.3 Å². The topological polar surface area (TPSA) is 115 Å². The smallest absolute Gasteiger partial charge is 0.290 e. The van der Waals surface area contributed by atoms with Crippen LogP contribution in [0.5, 0.6) is 0 Å². The lowest BCUT2D eigenvalue weighted by Crippen LogP contribution is -2.17. The SMILES string of the molecule is C#C.CCC.CNC(=O)c1ccc(N(C)Cc2ccc3nc(C)[nH]c(=O)c3c2)s1.O=CO. The molecule has 9 heteroatoms. The number of aromatic nitrogens is 2. The first kappa shape index (κ1) is 28.4. The highest BCUT2D eigenvalue weighted by molar-refractivity contribution is 7.17. The van der Waals surface area contributed by atoms with Crippen molar-refractivity contribution in [3.63, 3.8) is 0 Å². The summed E-state index contributed by atoms with van der Waals surface area (Å²) in [5, 5.41) is 11.1. The summed E-state index contributed by atoms with van der Waals surface area (Å²) in [7, 11) is 3.58. The molecule has 0 aliphatic rings. The molecule has 0 bridgehead atoms. The van der Waals surface area contributed by atoms with Crippen LogP contribution in [0.4, 0.5) is 5.00 Å². The fourth-order valence-electron chi connectivity index (χ4n) is 2.53.